The quantitative estimate of drug-likeness (QED) is 0.765. The average molecular weight is 259 g/mol. The van der Waals surface area contributed by atoms with Crippen molar-refractivity contribution < 1.29 is 9.21 Å². The van der Waals surface area contributed by atoms with Gasteiger partial charge in [0.1, 0.15) is 15.4 Å². The van der Waals surface area contributed by atoms with Crippen molar-refractivity contribution in [1.82, 2.24) is 9.97 Å². The summed E-state index contributed by atoms with van der Waals surface area (Å²) in [5.74, 6) is -0.447. The fourth-order valence-corrected chi connectivity index (χ4v) is 2.65. The first-order chi connectivity index (χ1) is 8.65. The van der Waals surface area contributed by atoms with E-state index in [0.29, 0.717) is 16.2 Å². The van der Waals surface area contributed by atoms with Gasteiger partial charge in [-0.1, -0.05) is 0 Å². The fraction of sp³-hybridized carbons (Fsp3) is 0.0833. The summed E-state index contributed by atoms with van der Waals surface area (Å²) < 4.78 is 5.24. The third-order valence-corrected chi connectivity index (χ3v) is 3.82. The molecular formula is C12H9N3O2S. The normalized spacial score (nSPS) is 10.9. The van der Waals surface area contributed by atoms with E-state index in [1.165, 1.54) is 17.7 Å². The van der Waals surface area contributed by atoms with E-state index in [0.717, 1.165) is 16.1 Å². The zero-order valence-corrected chi connectivity index (χ0v) is 10.3. The Labute approximate surface area is 106 Å². The Kier molecular flexibility index (Phi) is 2.38. The second kappa shape index (κ2) is 3.92. The molecule has 5 nitrogen and oxygen atoms in total. The third kappa shape index (κ3) is 1.67. The average Bonchev–Trinajstić information content (AvgIpc) is 2.93. The topological polar surface area (TPSA) is 82.0 Å². The molecule has 0 saturated carbocycles. The highest BCUT2D eigenvalue weighted by molar-refractivity contribution is 7.17. The largest absolute Gasteiger partial charge is 0.443 e. The molecule has 2 aromatic heterocycles. The first-order valence-electron chi connectivity index (χ1n) is 5.26. The zero-order valence-electron chi connectivity index (χ0n) is 9.51. The van der Waals surface area contributed by atoms with Crippen LogP contribution in [0.1, 0.15) is 15.4 Å². The Morgan fingerprint density at radius 3 is 3.00 bits per heavy atom. The summed E-state index contributed by atoms with van der Waals surface area (Å²) in [5, 5.41) is 0.750. The van der Waals surface area contributed by atoms with Gasteiger partial charge in [-0.3, -0.25) is 4.79 Å². The molecule has 3 aromatic rings. The van der Waals surface area contributed by atoms with Crippen LogP contribution in [0.25, 0.3) is 21.7 Å². The van der Waals surface area contributed by atoms with Gasteiger partial charge in [-0.25, -0.2) is 9.97 Å². The summed E-state index contributed by atoms with van der Waals surface area (Å²) >= 11 is 1.28. The molecule has 3 rings (SSSR count). The van der Waals surface area contributed by atoms with Crippen molar-refractivity contribution in [2.75, 3.05) is 0 Å². The molecule has 2 heterocycles. The van der Waals surface area contributed by atoms with Gasteiger partial charge in [-0.05, 0) is 25.1 Å². The van der Waals surface area contributed by atoms with Gasteiger partial charge in [-0.2, -0.15) is 0 Å². The van der Waals surface area contributed by atoms with E-state index in [1.807, 2.05) is 18.2 Å². The minimum Gasteiger partial charge on any atom is -0.443 e. The summed E-state index contributed by atoms with van der Waals surface area (Å²) in [5.41, 5.74) is 8.31. The molecule has 0 aliphatic carbocycles. The van der Waals surface area contributed by atoms with Gasteiger partial charge in [0.25, 0.3) is 5.91 Å². The molecule has 0 atom stereocenters. The molecule has 0 aliphatic heterocycles. The van der Waals surface area contributed by atoms with Gasteiger partial charge in [0, 0.05) is 5.56 Å². The van der Waals surface area contributed by atoms with Gasteiger partial charge < -0.3 is 10.2 Å². The van der Waals surface area contributed by atoms with E-state index >= 15 is 0 Å². The number of hydrogen-bond donors (Lipinski definition) is 1. The van der Waals surface area contributed by atoms with Crippen LogP contribution in [0.3, 0.4) is 0 Å². The smallest absolute Gasteiger partial charge is 0.260 e. The number of primary amides is 1. The number of oxazole rings is 1. The molecule has 1 aromatic carbocycles. The molecule has 0 spiro atoms. The van der Waals surface area contributed by atoms with Crippen LogP contribution in [0.2, 0.25) is 0 Å². The van der Waals surface area contributed by atoms with Gasteiger partial charge in [-0.15, -0.1) is 11.3 Å². The number of nitrogens with zero attached hydrogens (tertiary/aromatic N) is 2. The Morgan fingerprint density at radius 2 is 2.28 bits per heavy atom. The Bertz CT molecular complexity index is 745. The summed E-state index contributed by atoms with van der Waals surface area (Å²) in [6, 6.07) is 5.61. The maximum absolute atomic E-state index is 11.2. The van der Waals surface area contributed by atoms with Crippen molar-refractivity contribution in [3.8, 4) is 10.6 Å². The van der Waals surface area contributed by atoms with E-state index in [9.17, 15) is 4.79 Å². The Morgan fingerprint density at radius 1 is 1.44 bits per heavy atom. The number of fused-ring (bicyclic) bond motifs is 1. The number of carbonyl (C=O) groups is 1. The second-order valence-electron chi connectivity index (χ2n) is 3.83. The van der Waals surface area contributed by atoms with Crippen molar-refractivity contribution in [3.05, 3.63) is 35.2 Å². The third-order valence-electron chi connectivity index (χ3n) is 2.60. The summed E-state index contributed by atoms with van der Waals surface area (Å²) in [4.78, 5) is 20.1. The molecule has 0 fully saturated rings. The molecular weight excluding hydrogens is 250 g/mol. The van der Waals surface area contributed by atoms with E-state index < -0.39 is 5.91 Å². The molecule has 0 unspecified atom stereocenters. The molecule has 0 bridgehead atoms. The van der Waals surface area contributed by atoms with Crippen LogP contribution in [0.4, 0.5) is 0 Å². The standard InChI is InChI=1S/C12H9N3O2S/c1-6-10(11(13)16)18-12(15-6)7-2-3-8-9(4-7)17-5-14-8/h2-5H,1H3,(H2,13,16). The lowest BCUT2D eigenvalue weighted by molar-refractivity contribution is 0.100. The van der Waals surface area contributed by atoms with Crippen LogP contribution in [-0.2, 0) is 0 Å². The fourth-order valence-electron chi connectivity index (χ4n) is 1.74. The van der Waals surface area contributed by atoms with E-state index in [1.54, 1.807) is 6.92 Å². The van der Waals surface area contributed by atoms with E-state index in [4.69, 9.17) is 10.2 Å². The number of benzene rings is 1. The maximum Gasteiger partial charge on any atom is 0.260 e. The molecule has 90 valence electrons. The van der Waals surface area contributed by atoms with E-state index in [-0.39, 0.29) is 0 Å². The lowest BCUT2D eigenvalue weighted by Crippen LogP contribution is -2.09. The van der Waals surface area contributed by atoms with Gasteiger partial charge >= 0.3 is 0 Å². The Balaban J connectivity index is 2.13. The van der Waals surface area contributed by atoms with E-state index in [2.05, 4.69) is 9.97 Å². The van der Waals surface area contributed by atoms with Crippen LogP contribution < -0.4 is 5.73 Å². The zero-order chi connectivity index (χ0) is 12.7. The summed E-state index contributed by atoms with van der Waals surface area (Å²) in [6.45, 7) is 1.77. The molecule has 6 heteroatoms. The number of thiazole rings is 1. The number of amides is 1. The van der Waals surface area contributed by atoms with Crippen LogP contribution >= 0.6 is 11.3 Å². The van der Waals surface area contributed by atoms with Crippen molar-refractivity contribution in [3.63, 3.8) is 0 Å². The summed E-state index contributed by atoms with van der Waals surface area (Å²) in [7, 11) is 0. The summed E-state index contributed by atoms with van der Waals surface area (Å²) in [6.07, 6.45) is 1.40. The minimum absolute atomic E-state index is 0.447. The van der Waals surface area contributed by atoms with Crippen LogP contribution in [0.15, 0.2) is 29.0 Å². The monoisotopic (exact) mass is 259 g/mol. The molecule has 0 radical (unpaired) electrons. The molecule has 18 heavy (non-hydrogen) atoms. The van der Waals surface area contributed by atoms with Crippen LogP contribution in [0, 0.1) is 6.92 Å². The molecule has 1 amide bonds. The number of aromatic nitrogens is 2. The molecule has 0 saturated heterocycles. The second-order valence-corrected chi connectivity index (χ2v) is 4.83. The molecule has 2 N–H and O–H groups in total. The number of rotatable bonds is 2. The van der Waals surface area contributed by atoms with Gasteiger partial charge in [0.2, 0.25) is 0 Å². The minimum atomic E-state index is -0.447. The predicted octanol–water partition coefficient (Wildman–Crippen LogP) is 2.36. The van der Waals surface area contributed by atoms with Crippen molar-refractivity contribution >= 4 is 28.3 Å². The number of hydrogen-bond acceptors (Lipinski definition) is 5. The Hall–Kier alpha value is -2.21. The van der Waals surface area contributed by atoms with Crippen molar-refractivity contribution in [2.45, 2.75) is 6.92 Å². The lowest BCUT2D eigenvalue weighted by Gasteiger charge is -1.94. The number of nitrogens with two attached hydrogens (primary N) is 1. The molecule has 0 aliphatic rings. The van der Waals surface area contributed by atoms with Crippen molar-refractivity contribution in [1.29, 1.82) is 0 Å². The number of carbonyl (C=O) groups excluding carboxylic acids is 1. The highest BCUT2D eigenvalue weighted by Crippen LogP contribution is 2.29. The highest BCUT2D eigenvalue weighted by Gasteiger charge is 2.14. The van der Waals surface area contributed by atoms with Crippen LogP contribution in [0.5, 0.6) is 0 Å². The SMILES string of the molecule is Cc1nc(-c2ccc3ncoc3c2)sc1C(N)=O. The van der Waals surface area contributed by atoms with Crippen LogP contribution in [-0.4, -0.2) is 15.9 Å². The van der Waals surface area contributed by atoms with Gasteiger partial charge in [0.05, 0.1) is 5.69 Å². The first-order valence-corrected chi connectivity index (χ1v) is 6.07. The first kappa shape index (κ1) is 10.9. The highest BCUT2D eigenvalue weighted by atomic mass is 32.1. The number of aryl methyl sites for hydroxylation is 1. The van der Waals surface area contributed by atoms with Gasteiger partial charge in [0.15, 0.2) is 12.0 Å². The predicted molar refractivity (Wildman–Crippen MR) is 68.4 cm³/mol. The van der Waals surface area contributed by atoms with Crippen molar-refractivity contribution in [2.24, 2.45) is 5.73 Å². The lowest BCUT2D eigenvalue weighted by atomic mass is 10.2. The maximum atomic E-state index is 11.2.